The second kappa shape index (κ2) is 7.75. The van der Waals surface area contributed by atoms with Crippen molar-refractivity contribution in [1.29, 1.82) is 0 Å². The Bertz CT molecular complexity index is 1230. The van der Waals surface area contributed by atoms with Crippen LogP contribution in [0.4, 0.5) is 5.69 Å². The number of primary amides is 1. The van der Waals surface area contributed by atoms with E-state index >= 15 is 0 Å². The number of furan rings is 2. The van der Waals surface area contributed by atoms with Gasteiger partial charge in [-0.05, 0) is 56.3 Å². The summed E-state index contributed by atoms with van der Waals surface area (Å²) >= 11 is 0. The first-order chi connectivity index (χ1) is 14.4. The molecule has 0 aliphatic carbocycles. The number of hydrogen-bond acceptors (Lipinski definition) is 5. The van der Waals surface area contributed by atoms with Crippen molar-refractivity contribution in [3.05, 3.63) is 83.3 Å². The van der Waals surface area contributed by atoms with Gasteiger partial charge in [-0.3, -0.25) is 14.3 Å². The maximum Gasteiger partial charge on any atom is 0.291 e. The van der Waals surface area contributed by atoms with E-state index in [2.05, 4.69) is 10.4 Å². The molecule has 4 rings (SSSR count). The van der Waals surface area contributed by atoms with Crippen LogP contribution in [0, 0.1) is 13.8 Å². The SMILES string of the molecule is Cc1cc(C)n(Cc2ccc(C(=O)Nc3cccc(-c4ccc(C(N)=O)o4)c3)o2)n1. The van der Waals surface area contributed by atoms with Gasteiger partial charge in [0.25, 0.3) is 11.8 Å². The highest BCUT2D eigenvalue weighted by molar-refractivity contribution is 6.02. The molecule has 30 heavy (non-hydrogen) atoms. The minimum Gasteiger partial charge on any atom is -0.454 e. The molecule has 8 nitrogen and oxygen atoms in total. The normalized spacial score (nSPS) is 10.9. The quantitative estimate of drug-likeness (QED) is 0.508. The largest absolute Gasteiger partial charge is 0.454 e. The zero-order chi connectivity index (χ0) is 21.3. The zero-order valence-electron chi connectivity index (χ0n) is 16.5. The minimum atomic E-state index is -0.639. The number of aryl methyl sites for hydroxylation is 2. The molecule has 3 aromatic heterocycles. The Labute approximate surface area is 172 Å². The van der Waals surface area contributed by atoms with Crippen molar-refractivity contribution in [3.63, 3.8) is 0 Å². The predicted molar refractivity (Wildman–Crippen MR) is 110 cm³/mol. The molecule has 8 heteroatoms. The molecule has 0 aliphatic heterocycles. The average Bonchev–Trinajstić information content (AvgIpc) is 3.43. The van der Waals surface area contributed by atoms with Crippen LogP contribution in [0.5, 0.6) is 0 Å². The maximum atomic E-state index is 12.6. The molecule has 0 bridgehead atoms. The number of nitrogens with two attached hydrogens (primary N) is 1. The number of carbonyl (C=O) groups excluding carboxylic acids is 2. The number of rotatable bonds is 6. The number of nitrogens with one attached hydrogen (secondary N) is 1. The van der Waals surface area contributed by atoms with Gasteiger partial charge in [-0.25, -0.2) is 0 Å². The van der Waals surface area contributed by atoms with Gasteiger partial charge in [0, 0.05) is 16.9 Å². The highest BCUT2D eigenvalue weighted by atomic mass is 16.4. The van der Waals surface area contributed by atoms with Crippen LogP contribution in [-0.4, -0.2) is 21.6 Å². The number of benzene rings is 1. The van der Waals surface area contributed by atoms with Crippen molar-refractivity contribution in [2.24, 2.45) is 5.73 Å². The van der Waals surface area contributed by atoms with Gasteiger partial charge in [-0.2, -0.15) is 5.10 Å². The van der Waals surface area contributed by atoms with Crippen LogP contribution in [0.25, 0.3) is 11.3 Å². The number of aromatic nitrogens is 2. The third-order valence-corrected chi connectivity index (χ3v) is 4.55. The summed E-state index contributed by atoms with van der Waals surface area (Å²) < 4.78 is 12.9. The number of amides is 2. The lowest BCUT2D eigenvalue weighted by Crippen LogP contribution is -2.11. The van der Waals surface area contributed by atoms with E-state index in [1.807, 2.05) is 24.6 Å². The summed E-state index contributed by atoms with van der Waals surface area (Å²) in [5.41, 5.74) is 8.42. The summed E-state index contributed by atoms with van der Waals surface area (Å²) in [4.78, 5) is 23.8. The second-order valence-electron chi connectivity index (χ2n) is 6.91. The zero-order valence-corrected chi connectivity index (χ0v) is 16.5. The van der Waals surface area contributed by atoms with Gasteiger partial charge in [0.1, 0.15) is 11.5 Å². The van der Waals surface area contributed by atoms with E-state index in [4.69, 9.17) is 14.6 Å². The molecule has 0 aliphatic rings. The van der Waals surface area contributed by atoms with E-state index in [-0.39, 0.29) is 17.4 Å². The Kier molecular flexibility index (Phi) is 4.97. The molecular formula is C22H20N4O4. The molecule has 0 atom stereocenters. The Morgan fingerprint density at radius 2 is 1.83 bits per heavy atom. The summed E-state index contributed by atoms with van der Waals surface area (Å²) in [5, 5.41) is 7.20. The first kappa shape index (κ1) is 19.3. The topological polar surface area (TPSA) is 116 Å². The molecule has 4 aromatic rings. The first-order valence-electron chi connectivity index (χ1n) is 9.30. The van der Waals surface area contributed by atoms with Gasteiger partial charge in [0.05, 0.1) is 12.2 Å². The maximum absolute atomic E-state index is 12.6. The van der Waals surface area contributed by atoms with E-state index in [9.17, 15) is 9.59 Å². The van der Waals surface area contributed by atoms with Gasteiger partial charge in [0.2, 0.25) is 0 Å². The molecule has 3 N–H and O–H groups in total. The van der Waals surface area contributed by atoms with E-state index in [0.29, 0.717) is 29.3 Å². The lowest BCUT2D eigenvalue weighted by Gasteiger charge is -2.05. The van der Waals surface area contributed by atoms with E-state index < -0.39 is 5.91 Å². The molecule has 152 valence electrons. The third kappa shape index (κ3) is 4.02. The Hall–Kier alpha value is -4.07. The minimum absolute atomic E-state index is 0.0742. The number of nitrogens with zero attached hydrogens (tertiary/aromatic N) is 2. The van der Waals surface area contributed by atoms with E-state index in [0.717, 1.165) is 11.4 Å². The van der Waals surface area contributed by atoms with Crippen molar-refractivity contribution in [2.75, 3.05) is 5.32 Å². The summed E-state index contributed by atoms with van der Waals surface area (Å²) in [6.07, 6.45) is 0. The van der Waals surface area contributed by atoms with Crippen LogP contribution in [0.15, 0.2) is 63.4 Å². The number of hydrogen-bond donors (Lipinski definition) is 2. The van der Waals surface area contributed by atoms with Crippen LogP contribution < -0.4 is 11.1 Å². The standard InChI is InChI=1S/C22H20N4O4/c1-13-10-14(2)26(25-13)12-17-6-7-20(29-17)22(28)24-16-5-3-4-15(11-16)18-8-9-19(30-18)21(23)27/h3-11H,12H2,1-2H3,(H2,23,27)(H,24,28). The van der Waals surface area contributed by atoms with Crippen molar-refractivity contribution in [3.8, 4) is 11.3 Å². The molecule has 0 saturated carbocycles. The molecule has 0 saturated heterocycles. The highest BCUT2D eigenvalue weighted by Crippen LogP contribution is 2.25. The molecule has 0 unspecified atom stereocenters. The molecule has 0 spiro atoms. The number of anilines is 1. The van der Waals surface area contributed by atoms with Crippen molar-refractivity contribution in [1.82, 2.24) is 9.78 Å². The molecule has 2 amide bonds. The Morgan fingerprint density at radius 1 is 1.03 bits per heavy atom. The van der Waals surface area contributed by atoms with Crippen LogP contribution >= 0.6 is 0 Å². The van der Waals surface area contributed by atoms with Gasteiger partial charge in [-0.15, -0.1) is 0 Å². The Balaban J connectivity index is 1.47. The van der Waals surface area contributed by atoms with Crippen molar-refractivity contribution in [2.45, 2.75) is 20.4 Å². The fraction of sp³-hybridized carbons (Fsp3) is 0.136. The number of carbonyl (C=O) groups is 2. The van der Waals surface area contributed by atoms with Crippen LogP contribution in [0.3, 0.4) is 0 Å². The first-order valence-corrected chi connectivity index (χ1v) is 9.30. The fourth-order valence-corrected chi connectivity index (χ4v) is 3.14. The Morgan fingerprint density at radius 3 is 2.53 bits per heavy atom. The lowest BCUT2D eigenvalue weighted by atomic mass is 10.1. The summed E-state index contributed by atoms with van der Waals surface area (Å²) in [6, 6.07) is 15.6. The average molecular weight is 404 g/mol. The molecule has 0 radical (unpaired) electrons. The molecular weight excluding hydrogens is 384 g/mol. The van der Waals surface area contributed by atoms with Crippen LogP contribution in [0.1, 0.15) is 38.3 Å². The molecule has 3 heterocycles. The summed E-state index contributed by atoms with van der Waals surface area (Å²) in [5.74, 6) is 0.375. The van der Waals surface area contributed by atoms with Gasteiger partial charge in [-0.1, -0.05) is 12.1 Å². The smallest absolute Gasteiger partial charge is 0.291 e. The monoisotopic (exact) mass is 404 g/mol. The predicted octanol–water partition coefficient (Wildman–Crippen LogP) is 3.75. The van der Waals surface area contributed by atoms with Gasteiger partial charge < -0.3 is 19.9 Å². The van der Waals surface area contributed by atoms with E-state index in [1.54, 1.807) is 42.5 Å². The summed E-state index contributed by atoms with van der Waals surface area (Å²) in [7, 11) is 0. The second-order valence-corrected chi connectivity index (χ2v) is 6.91. The highest BCUT2D eigenvalue weighted by Gasteiger charge is 2.14. The van der Waals surface area contributed by atoms with E-state index in [1.165, 1.54) is 6.07 Å². The van der Waals surface area contributed by atoms with Crippen LogP contribution in [-0.2, 0) is 6.54 Å². The fourth-order valence-electron chi connectivity index (χ4n) is 3.14. The van der Waals surface area contributed by atoms with Crippen LogP contribution in [0.2, 0.25) is 0 Å². The third-order valence-electron chi connectivity index (χ3n) is 4.55. The van der Waals surface area contributed by atoms with Crippen molar-refractivity contribution >= 4 is 17.5 Å². The summed E-state index contributed by atoms with van der Waals surface area (Å²) in [6.45, 7) is 4.34. The van der Waals surface area contributed by atoms with Gasteiger partial charge >= 0.3 is 0 Å². The van der Waals surface area contributed by atoms with Crippen molar-refractivity contribution < 1.29 is 18.4 Å². The van der Waals surface area contributed by atoms with Gasteiger partial charge in [0.15, 0.2) is 11.5 Å². The molecule has 1 aromatic carbocycles. The lowest BCUT2D eigenvalue weighted by molar-refractivity contribution is 0.0972. The molecule has 0 fully saturated rings.